The molecule has 0 aliphatic rings. The van der Waals surface area contributed by atoms with Crippen LogP contribution in [-0.4, -0.2) is 8.42 Å². The lowest BCUT2D eigenvalue weighted by atomic mass is 10.0. The maximum Gasteiger partial charge on any atom is 0.339 e. The SMILES string of the molecule is Cc1ccc(C(C)C)cc1OS(=O)(=O)c1ccc(F)c(C#N)c1. The van der Waals surface area contributed by atoms with Crippen LogP contribution in [0.15, 0.2) is 41.3 Å². The Bertz CT molecular complexity index is 883. The van der Waals surface area contributed by atoms with Gasteiger partial charge in [0, 0.05) is 0 Å². The van der Waals surface area contributed by atoms with Crippen LogP contribution in [-0.2, 0) is 10.1 Å². The highest BCUT2D eigenvalue weighted by atomic mass is 32.2. The fraction of sp³-hybridized carbons (Fsp3) is 0.235. The van der Waals surface area contributed by atoms with E-state index in [1.54, 1.807) is 25.1 Å². The summed E-state index contributed by atoms with van der Waals surface area (Å²) in [5.74, 6) is -0.333. The van der Waals surface area contributed by atoms with Gasteiger partial charge in [0.05, 0.1) is 5.56 Å². The fourth-order valence-electron chi connectivity index (χ4n) is 1.98. The molecule has 0 radical (unpaired) electrons. The summed E-state index contributed by atoms with van der Waals surface area (Å²) in [5, 5.41) is 8.81. The third-order valence-corrected chi connectivity index (χ3v) is 4.66. The van der Waals surface area contributed by atoms with Crippen molar-refractivity contribution in [3.63, 3.8) is 0 Å². The molecule has 4 nitrogen and oxygen atoms in total. The van der Waals surface area contributed by atoms with Crippen molar-refractivity contribution in [1.82, 2.24) is 0 Å². The molecule has 0 aromatic heterocycles. The summed E-state index contributed by atoms with van der Waals surface area (Å²) in [6.45, 7) is 5.71. The molecule has 2 aromatic carbocycles. The molecule has 0 saturated heterocycles. The molecule has 0 N–H and O–H groups in total. The first kappa shape index (κ1) is 17.0. The van der Waals surface area contributed by atoms with Crippen molar-refractivity contribution in [3.05, 3.63) is 58.9 Å². The minimum atomic E-state index is -4.15. The van der Waals surface area contributed by atoms with Crippen molar-refractivity contribution in [2.24, 2.45) is 0 Å². The maximum absolute atomic E-state index is 13.3. The van der Waals surface area contributed by atoms with Gasteiger partial charge < -0.3 is 4.18 Å². The first-order chi connectivity index (χ1) is 10.7. The number of benzene rings is 2. The summed E-state index contributed by atoms with van der Waals surface area (Å²) in [7, 11) is -4.15. The Morgan fingerprint density at radius 1 is 1.17 bits per heavy atom. The van der Waals surface area contributed by atoms with Crippen LogP contribution in [0.2, 0.25) is 0 Å². The number of hydrogen-bond donors (Lipinski definition) is 0. The first-order valence-electron chi connectivity index (χ1n) is 6.99. The van der Waals surface area contributed by atoms with Crippen LogP contribution in [0.5, 0.6) is 5.75 Å². The highest BCUT2D eigenvalue weighted by molar-refractivity contribution is 7.87. The van der Waals surface area contributed by atoms with E-state index in [4.69, 9.17) is 9.44 Å². The van der Waals surface area contributed by atoms with Gasteiger partial charge in [-0.3, -0.25) is 0 Å². The van der Waals surface area contributed by atoms with Gasteiger partial charge in [0.15, 0.2) is 0 Å². The van der Waals surface area contributed by atoms with Crippen molar-refractivity contribution in [3.8, 4) is 11.8 Å². The molecule has 0 fully saturated rings. The van der Waals surface area contributed by atoms with Crippen LogP contribution in [0.4, 0.5) is 4.39 Å². The zero-order chi connectivity index (χ0) is 17.2. The van der Waals surface area contributed by atoms with E-state index < -0.39 is 15.9 Å². The average Bonchev–Trinajstić information content (AvgIpc) is 2.49. The Morgan fingerprint density at radius 2 is 1.87 bits per heavy atom. The van der Waals surface area contributed by atoms with Crippen LogP contribution in [0.25, 0.3) is 0 Å². The quantitative estimate of drug-likeness (QED) is 0.796. The number of nitrogens with zero attached hydrogens (tertiary/aromatic N) is 1. The minimum Gasteiger partial charge on any atom is -0.379 e. The molecule has 0 aliphatic heterocycles. The summed E-state index contributed by atoms with van der Waals surface area (Å²) in [6.07, 6.45) is 0. The summed E-state index contributed by atoms with van der Waals surface area (Å²) in [4.78, 5) is -0.259. The van der Waals surface area contributed by atoms with Crippen molar-refractivity contribution in [1.29, 1.82) is 5.26 Å². The monoisotopic (exact) mass is 333 g/mol. The number of halogens is 1. The second-order valence-electron chi connectivity index (χ2n) is 5.47. The van der Waals surface area contributed by atoms with Gasteiger partial charge in [0.1, 0.15) is 22.5 Å². The molecule has 23 heavy (non-hydrogen) atoms. The molecule has 0 heterocycles. The van der Waals surface area contributed by atoms with Gasteiger partial charge in [-0.1, -0.05) is 26.0 Å². The van der Waals surface area contributed by atoms with Crippen molar-refractivity contribution in [2.45, 2.75) is 31.6 Å². The van der Waals surface area contributed by atoms with Crippen LogP contribution >= 0.6 is 0 Å². The molecule has 0 atom stereocenters. The van der Waals surface area contributed by atoms with Crippen LogP contribution < -0.4 is 4.18 Å². The van der Waals surface area contributed by atoms with Gasteiger partial charge >= 0.3 is 10.1 Å². The summed E-state index contributed by atoms with van der Waals surface area (Å²) in [5.41, 5.74) is 1.26. The zero-order valence-corrected chi connectivity index (χ0v) is 13.8. The molecular weight excluding hydrogens is 317 g/mol. The van der Waals surface area contributed by atoms with Gasteiger partial charge in [0.2, 0.25) is 0 Å². The number of hydrogen-bond acceptors (Lipinski definition) is 4. The van der Waals surface area contributed by atoms with Gasteiger partial charge in [-0.2, -0.15) is 13.7 Å². The molecule has 0 bridgehead atoms. The highest BCUT2D eigenvalue weighted by Crippen LogP contribution is 2.27. The molecule has 0 amide bonds. The normalized spacial score (nSPS) is 11.3. The third kappa shape index (κ3) is 3.69. The third-order valence-electron chi connectivity index (χ3n) is 3.43. The lowest BCUT2D eigenvalue weighted by Crippen LogP contribution is -2.11. The van der Waals surface area contributed by atoms with E-state index >= 15 is 0 Å². The summed E-state index contributed by atoms with van der Waals surface area (Å²) >= 11 is 0. The van der Waals surface area contributed by atoms with E-state index in [1.807, 2.05) is 19.9 Å². The first-order valence-corrected chi connectivity index (χ1v) is 8.40. The predicted molar refractivity (Wildman–Crippen MR) is 84.2 cm³/mol. The Balaban J connectivity index is 2.43. The van der Waals surface area contributed by atoms with E-state index in [-0.39, 0.29) is 22.1 Å². The molecule has 120 valence electrons. The summed E-state index contributed by atoms with van der Waals surface area (Å²) < 4.78 is 43.2. The fourth-order valence-corrected chi connectivity index (χ4v) is 2.99. The van der Waals surface area contributed by atoms with Gasteiger partial charge in [-0.15, -0.1) is 0 Å². The van der Waals surface area contributed by atoms with Crippen molar-refractivity contribution in [2.75, 3.05) is 0 Å². The molecule has 0 saturated carbocycles. The molecule has 0 aliphatic carbocycles. The van der Waals surface area contributed by atoms with Crippen LogP contribution in [0.3, 0.4) is 0 Å². The number of aryl methyl sites for hydroxylation is 1. The molecule has 0 spiro atoms. The molecule has 2 rings (SSSR count). The molecular formula is C17H16FNO3S. The molecule has 0 unspecified atom stereocenters. The van der Waals surface area contributed by atoms with Gasteiger partial charge in [-0.05, 0) is 48.2 Å². The summed E-state index contributed by atoms with van der Waals surface area (Å²) in [6, 6.07) is 9.95. The molecule has 2 aromatic rings. The Morgan fingerprint density at radius 3 is 2.48 bits per heavy atom. The predicted octanol–water partition coefficient (Wildman–Crippen LogP) is 3.90. The Labute approximate surface area is 135 Å². The van der Waals surface area contributed by atoms with Gasteiger partial charge in [0.25, 0.3) is 0 Å². The Kier molecular flexibility index (Phi) is 4.71. The highest BCUT2D eigenvalue weighted by Gasteiger charge is 2.20. The van der Waals surface area contributed by atoms with E-state index in [2.05, 4.69) is 0 Å². The van der Waals surface area contributed by atoms with E-state index in [9.17, 15) is 12.8 Å². The Hall–Kier alpha value is -2.39. The second kappa shape index (κ2) is 6.39. The number of rotatable bonds is 4. The van der Waals surface area contributed by atoms with Gasteiger partial charge in [-0.25, -0.2) is 4.39 Å². The van der Waals surface area contributed by atoms with E-state index in [1.165, 1.54) is 0 Å². The zero-order valence-electron chi connectivity index (χ0n) is 13.0. The topological polar surface area (TPSA) is 67.2 Å². The van der Waals surface area contributed by atoms with Crippen LogP contribution in [0.1, 0.15) is 36.5 Å². The largest absolute Gasteiger partial charge is 0.379 e. The standard InChI is InChI=1S/C17H16FNO3S/c1-11(2)13-5-4-12(3)17(9-13)22-23(20,21)15-6-7-16(18)14(8-15)10-19/h4-9,11H,1-3H3. The van der Waals surface area contributed by atoms with Crippen LogP contribution in [0, 0.1) is 24.1 Å². The number of nitriles is 1. The van der Waals surface area contributed by atoms with E-state index in [0.29, 0.717) is 5.56 Å². The average molecular weight is 333 g/mol. The maximum atomic E-state index is 13.3. The smallest absolute Gasteiger partial charge is 0.339 e. The molecule has 6 heteroatoms. The lowest BCUT2D eigenvalue weighted by molar-refractivity contribution is 0.483. The second-order valence-corrected chi connectivity index (χ2v) is 7.02. The van der Waals surface area contributed by atoms with Crippen molar-refractivity contribution < 1.29 is 17.0 Å². The van der Waals surface area contributed by atoms with E-state index in [0.717, 1.165) is 23.8 Å². The van der Waals surface area contributed by atoms with Crippen molar-refractivity contribution >= 4 is 10.1 Å². The lowest BCUT2D eigenvalue weighted by Gasteiger charge is -2.13. The minimum absolute atomic E-state index is 0.219.